The van der Waals surface area contributed by atoms with Crippen molar-refractivity contribution in [3.8, 4) is 5.88 Å². The minimum Gasteiger partial charge on any atom is -0.471 e. The fourth-order valence-corrected chi connectivity index (χ4v) is 2.95. The Morgan fingerprint density at radius 1 is 1.36 bits per heavy atom. The Bertz CT molecular complexity index is 789. The number of hydrogen-bond donors (Lipinski definition) is 0. The number of fused-ring (bicyclic) bond motifs is 1. The summed E-state index contributed by atoms with van der Waals surface area (Å²) < 4.78 is 46.3. The second-order valence-corrected chi connectivity index (χ2v) is 5.75. The van der Waals surface area contributed by atoms with E-state index < -0.39 is 12.0 Å². The summed E-state index contributed by atoms with van der Waals surface area (Å²) in [5.74, 6) is -0.989. The van der Waals surface area contributed by atoms with Gasteiger partial charge in [-0.2, -0.15) is 18.2 Å². The number of hydrogen-bond acceptors (Lipinski definition) is 5. The van der Waals surface area contributed by atoms with Gasteiger partial charge in [-0.3, -0.25) is 4.79 Å². The van der Waals surface area contributed by atoms with Crippen LogP contribution in [0.15, 0.2) is 6.33 Å². The van der Waals surface area contributed by atoms with Crippen LogP contribution in [-0.2, 0) is 17.5 Å². The van der Waals surface area contributed by atoms with Crippen LogP contribution in [0, 0.1) is 0 Å². The predicted molar refractivity (Wildman–Crippen MR) is 81.9 cm³/mol. The number of likely N-dealkylation sites (tertiary alicyclic amines) is 1. The summed E-state index contributed by atoms with van der Waals surface area (Å²) in [5.41, 5.74) is 0.0660. The molecule has 3 rings (SSSR count). The van der Waals surface area contributed by atoms with Crippen molar-refractivity contribution in [1.82, 2.24) is 24.4 Å². The monoisotopic (exact) mass is 357 g/mol. The third kappa shape index (κ3) is 3.24. The Balaban J connectivity index is 1.90. The minimum atomic E-state index is -4.59. The number of amides is 1. The standard InChI is InChI=1S/C15H18F3N5O2/c1-3-10(24)22-6-5-9(7-22)25-13-11-12(19-8-20-13)23(4-2)14(21-11)15(16,17)18/h8-9H,3-7H2,1-2H3. The molecule has 0 bridgehead atoms. The molecule has 0 saturated carbocycles. The summed E-state index contributed by atoms with van der Waals surface area (Å²) in [4.78, 5) is 24.9. The maximum Gasteiger partial charge on any atom is 0.449 e. The van der Waals surface area contributed by atoms with Gasteiger partial charge >= 0.3 is 6.18 Å². The van der Waals surface area contributed by atoms with Gasteiger partial charge in [0.25, 0.3) is 0 Å². The molecule has 1 aliphatic heterocycles. The number of aromatic nitrogens is 4. The van der Waals surface area contributed by atoms with E-state index in [9.17, 15) is 18.0 Å². The minimum absolute atomic E-state index is 0.0125. The average Bonchev–Trinajstić information content (AvgIpc) is 3.18. The molecule has 1 aliphatic rings. The number of halogens is 3. The van der Waals surface area contributed by atoms with Crippen LogP contribution in [0.3, 0.4) is 0 Å². The second-order valence-electron chi connectivity index (χ2n) is 5.75. The first kappa shape index (κ1) is 17.4. The van der Waals surface area contributed by atoms with Gasteiger partial charge in [0.1, 0.15) is 12.4 Å². The molecule has 25 heavy (non-hydrogen) atoms. The molecule has 10 heteroatoms. The van der Waals surface area contributed by atoms with Gasteiger partial charge in [-0.1, -0.05) is 6.92 Å². The van der Waals surface area contributed by atoms with Crippen molar-refractivity contribution in [2.24, 2.45) is 0 Å². The lowest BCUT2D eigenvalue weighted by Crippen LogP contribution is -2.30. The van der Waals surface area contributed by atoms with Crippen LogP contribution in [0.4, 0.5) is 13.2 Å². The molecule has 0 aromatic carbocycles. The van der Waals surface area contributed by atoms with Crippen molar-refractivity contribution in [3.05, 3.63) is 12.2 Å². The summed E-state index contributed by atoms with van der Waals surface area (Å²) in [6.07, 6.45) is -2.76. The van der Waals surface area contributed by atoms with Gasteiger partial charge in [-0.25, -0.2) is 9.97 Å². The molecule has 1 saturated heterocycles. The molecule has 1 amide bonds. The smallest absolute Gasteiger partial charge is 0.449 e. The highest BCUT2D eigenvalue weighted by atomic mass is 19.4. The number of aryl methyl sites for hydroxylation is 1. The van der Waals surface area contributed by atoms with Gasteiger partial charge in [0, 0.05) is 25.9 Å². The van der Waals surface area contributed by atoms with Crippen molar-refractivity contribution in [2.45, 2.75) is 45.5 Å². The highest BCUT2D eigenvalue weighted by Crippen LogP contribution is 2.33. The highest BCUT2D eigenvalue weighted by Gasteiger charge is 2.38. The van der Waals surface area contributed by atoms with E-state index in [2.05, 4.69) is 15.0 Å². The predicted octanol–water partition coefficient (Wildman–Crippen LogP) is 2.25. The molecule has 1 fully saturated rings. The van der Waals surface area contributed by atoms with Gasteiger partial charge in [0.05, 0.1) is 6.54 Å². The third-order valence-corrected chi connectivity index (χ3v) is 4.15. The number of imidazole rings is 1. The number of rotatable bonds is 4. The van der Waals surface area contributed by atoms with Crippen LogP contribution >= 0.6 is 0 Å². The molecular formula is C15H18F3N5O2. The zero-order valence-electron chi connectivity index (χ0n) is 13.9. The first-order valence-corrected chi connectivity index (χ1v) is 8.08. The lowest BCUT2D eigenvalue weighted by atomic mass is 10.3. The third-order valence-electron chi connectivity index (χ3n) is 4.15. The fourth-order valence-electron chi connectivity index (χ4n) is 2.95. The molecule has 0 N–H and O–H groups in total. The summed E-state index contributed by atoms with van der Waals surface area (Å²) in [6, 6.07) is 0. The Morgan fingerprint density at radius 2 is 2.12 bits per heavy atom. The van der Waals surface area contributed by atoms with Crippen LogP contribution < -0.4 is 4.74 Å². The maximum atomic E-state index is 13.2. The Labute approximate surface area is 141 Å². The lowest BCUT2D eigenvalue weighted by Gasteiger charge is -2.16. The molecule has 0 spiro atoms. The molecule has 136 valence electrons. The molecule has 0 radical (unpaired) electrons. The van der Waals surface area contributed by atoms with Gasteiger partial charge in [-0.15, -0.1) is 0 Å². The number of ether oxygens (including phenoxy) is 1. The largest absolute Gasteiger partial charge is 0.471 e. The Hall–Kier alpha value is -2.39. The van der Waals surface area contributed by atoms with Crippen molar-refractivity contribution in [2.75, 3.05) is 13.1 Å². The van der Waals surface area contributed by atoms with Crippen molar-refractivity contribution in [1.29, 1.82) is 0 Å². The molecule has 7 nitrogen and oxygen atoms in total. The number of carbonyl (C=O) groups is 1. The first-order chi connectivity index (χ1) is 11.8. The fraction of sp³-hybridized carbons (Fsp3) is 0.600. The zero-order chi connectivity index (χ0) is 18.2. The normalized spacial score (nSPS) is 18.1. The molecule has 3 heterocycles. The van der Waals surface area contributed by atoms with Crippen LogP contribution in [0.25, 0.3) is 11.2 Å². The molecular weight excluding hydrogens is 339 g/mol. The van der Waals surface area contributed by atoms with E-state index in [-0.39, 0.29) is 35.6 Å². The zero-order valence-corrected chi connectivity index (χ0v) is 13.9. The average molecular weight is 357 g/mol. The van der Waals surface area contributed by atoms with Crippen LogP contribution in [-0.4, -0.2) is 49.5 Å². The van der Waals surface area contributed by atoms with E-state index in [0.29, 0.717) is 25.9 Å². The van der Waals surface area contributed by atoms with Crippen LogP contribution in [0.5, 0.6) is 5.88 Å². The van der Waals surface area contributed by atoms with E-state index in [1.165, 1.54) is 0 Å². The van der Waals surface area contributed by atoms with Crippen LogP contribution in [0.2, 0.25) is 0 Å². The molecule has 2 aromatic heterocycles. The quantitative estimate of drug-likeness (QED) is 0.839. The second kappa shape index (κ2) is 6.49. The van der Waals surface area contributed by atoms with Crippen molar-refractivity contribution >= 4 is 17.1 Å². The molecule has 0 aliphatic carbocycles. The van der Waals surface area contributed by atoms with Gasteiger partial charge in [-0.05, 0) is 6.92 Å². The number of alkyl halides is 3. The summed E-state index contributed by atoms with van der Waals surface area (Å²) in [5, 5.41) is 0. The Morgan fingerprint density at radius 3 is 2.76 bits per heavy atom. The molecule has 1 unspecified atom stereocenters. The van der Waals surface area contributed by atoms with Crippen LogP contribution in [0.1, 0.15) is 32.5 Å². The van der Waals surface area contributed by atoms with Crippen molar-refractivity contribution in [3.63, 3.8) is 0 Å². The number of nitrogens with zero attached hydrogens (tertiary/aromatic N) is 5. The van der Waals surface area contributed by atoms with E-state index >= 15 is 0 Å². The summed E-state index contributed by atoms with van der Waals surface area (Å²) in [7, 11) is 0. The maximum absolute atomic E-state index is 13.2. The molecule has 1 atom stereocenters. The van der Waals surface area contributed by atoms with Gasteiger partial charge in [0.2, 0.25) is 17.6 Å². The van der Waals surface area contributed by atoms with E-state index in [0.717, 1.165) is 10.9 Å². The summed E-state index contributed by atoms with van der Waals surface area (Å²) >= 11 is 0. The topological polar surface area (TPSA) is 73.1 Å². The molecule has 2 aromatic rings. The Kier molecular flexibility index (Phi) is 4.53. The first-order valence-electron chi connectivity index (χ1n) is 8.08. The number of carbonyl (C=O) groups excluding carboxylic acids is 1. The van der Waals surface area contributed by atoms with E-state index in [4.69, 9.17) is 4.74 Å². The summed E-state index contributed by atoms with van der Waals surface area (Å²) in [6.45, 7) is 4.39. The van der Waals surface area contributed by atoms with E-state index in [1.807, 2.05) is 0 Å². The lowest BCUT2D eigenvalue weighted by molar-refractivity contribution is -0.146. The van der Waals surface area contributed by atoms with Gasteiger partial charge < -0.3 is 14.2 Å². The van der Waals surface area contributed by atoms with E-state index in [1.54, 1.807) is 18.7 Å². The van der Waals surface area contributed by atoms with Gasteiger partial charge in [0.15, 0.2) is 11.2 Å². The SMILES string of the molecule is CCC(=O)N1CCC(Oc2ncnc3c2nc(C(F)(F)F)n3CC)C1. The van der Waals surface area contributed by atoms with Crippen molar-refractivity contribution < 1.29 is 22.7 Å². The highest BCUT2D eigenvalue weighted by molar-refractivity contribution is 5.77.